The highest BCUT2D eigenvalue weighted by Gasteiger charge is 2.41. The fraction of sp³-hybridized carbons (Fsp3) is 0.186. The average Bonchev–Trinajstić information content (AvgIpc) is 3.14. The summed E-state index contributed by atoms with van der Waals surface area (Å²) in [6, 6.07) is 23.6. The first-order valence-corrected chi connectivity index (χ1v) is 17.4. The summed E-state index contributed by atoms with van der Waals surface area (Å²) in [5, 5.41) is 51.7. The molecule has 2 aliphatic carbocycles. The predicted octanol–water partition coefficient (Wildman–Crippen LogP) is 6.90. The van der Waals surface area contributed by atoms with Gasteiger partial charge in [-0.2, -0.15) is 0 Å². The van der Waals surface area contributed by atoms with E-state index in [1.807, 2.05) is 56.3 Å². The van der Waals surface area contributed by atoms with Crippen molar-refractivity contribution in [1.82, 2.24) is 0 Å². The van der Waals surface area contributed by atoms with Crippen LogP contribution in [0.1, 0.15) is 55.5 Å². The van der Waals surface area contributed by atoms with Crippen molar-refractivity contribution in [3.63, 3.8) is 0 Å². The average molecular weight is 687 g/mol. The molecule has 9 heteroatoms. The molecule has 5 aromatic carbocycles. The van der Waals surface area contributed by atoms with Gasteiger partial charge in [0.2, 0.25) is 5.71 Å². The number of nitriles is 1. The van der Waals surface area contributed by atoms with Crippen LogP contribution in [0.4, 0.5) is 17.1 Å². The van der Waals surface area contributed by atoms with Crippen molar-refractivity contribution in [3.8, 4) is 17.6 Å². The minimum atomic E-state index is -0.458. The maximum absolute atomic E-state index is 15.2. The van der Waals surface area contributed by atoms with Crippen LogP contribution in [0.15, 0.2) is 95.4 Å². The van der Waals surface area contributed by atoms with Crippen LogP contribution in [0, 0.1) is 17.9 Å². The Bertz CT molecular complexity index is 2450. The van der Waals surface area contributed by atoms with Gasteiger partial charge in [-0.15, -0.1) is 0 Å². The second-order valence-corrected chi connectivity index (χ2v) is 12.8. The lowest BCUT2D eigenvalue weighted by molar-refractivity contribution is -0.519. The number of rotatable bonds is 6. The number of hydrogen-bond donors (Lipinski definition) is 4. The zero-order valence-corrected chi connectivity index (χ0v) is 29.5. The smallest absolute Gasteiger partial charge is 0.270 e. The van der Waals surface area contributed by atoms with Gasteiger partial charge in [0.1, 0.15) is 24.6 Å². The minimum absolute atomic E-state index is 0.0600. The molecule has 52 heavy (non-hydrogen) atoms. The summed E-state index contributed by atoms with van der Waals surface area (Å²) in [5.74, 6) is -0.664. The third kappa shape index (κ3) is 4.63. The third-order valence-corrected chi connectivity index (χ3v) is 10.4. The molecule has 0 atom stereocenters. The molecular weight excluding hydrogens is 649 g/mol. The lowest BCUT2D eigenvalue weighted by Gasteiger charge is -2.41. The second kappa shape index (κ2) is 12.9. The van der Waals surface area contributed by atoms with E-state index in [2.05, 4.69) is 28.2 Å². The van der Waals surface area contributed by atoms with E-state index in [4.69, 9.17) is 18.0 Å². The molecule has 9 nitrogen and oxygen atoms in total. The lowest BCUT2D eigenvalue weighted by Crippen LogP contribution is -2.30. The Morgan fingerprint density at radius 1 is 0.769 bits per heavy atom. The Labute approximate surface area is 302 Å². The first-order chi connectivity index (χ1) is 25.2. The molecule has 2 aliphatic rings. The molecule has 0 aromatic heterocycles. The van der Waals surface area contributed by atoms with E-state index in [9.17, 15) is 15.5 Å². The summed E-state index contributed by atoms with van der Waals surface area (Å²) in [6.07, 6.45) is 0. The van der Waals surface area contributed by atoms with Crippen LogP contribution in [0.2, 0.25) is 0 Å². The number of allylic oxidation sites excluding steroid dienone is 3. The molecule has 0 saturated carbocycles. The molecule has 5 aromatic rings. The van der Waals surface area contributed by atoms with Gasteiger partial charge in [-0.05, 0) is 75.2 Å². The van der Waals surface area contributed by atoms with Crippen LogP contribution in [0.3, 0.4) is 0 Å². The highest BCUT2D eigenvalue weighted by Crippen LogP contribution is 2.58. The van der Waals surface area contributed by atoms with Gasteiger partial charge in [0, 0.05) is 73.8 Å². The van der Waals surface area contributed by atoms with Gasteiger partial charge >= 0.3 is 0 Å². The maximum atomic E-state index is 15.2. The van der Waals surface area contributed by atoms with Crippen molar-refractivity contribution in [3.05, 3.63) is 135 Å². The lowest BCUT2D eigenvalue weighted by atomic mass is 9.68. The number of anilines is 3. The molecule has 6 N–H and O–H groups in total. The molecule has 0 unspecified atom stereocenters. The van der Waals surface area contributed by atoms with E-state index in [1.54, 1.807) is 24.3 Å². The van der Waals surface area contributed by atoms with Crippen molar-refractivity contribution in [2.75, 3.05) is 42.5 Å². The molecule has 0 amide bonds. The Morgan fingerprint density at radius 3 is 1.71 bits per heavy atom. The van der Waals surface area contributed by atoms with Crippen molar-refractivity contribution < 1.29 is 19.9 Å². The van der Waals surface area contributed by atoms with Crippen LogP contribution < -0.4 is 21.5 Å². The van der Waals surface area contributed by atoms with Crippen molar-refractivity contribution in [2.45, 2.75) is 27.7 Å². The second-order valence-electron chi connectivity index (χ2n) is 12.8. The summed E-state index contributed by atoms with van der Waals surface area (Å²) in [7, 11) is 0. The molecule has 0 fully saturated rings. The highest BCUT2D eigenvalue weighted by atomic mass is 16.3. The van der Waals surface area contributed by atoms with Crippen LogP contribution in [-0.4, -0.2) is 46.7 Å². The number of nitrogens with zero attached hydrogens (tertiary/aromatic N) is 4. The molecule has 0 radical (unpaired) electrons. The number of benzene rings is 5. The third-order valence-electron chi connectivity index (χ3n) is 10.4. The molecule has 0 bridgehead atoms. The molecule has 0 saturated heterocycles. The summed E-state index contributed by atoms with van der Waals surface area (Å²) in [5.41, 5.74) is 18.9. The normalized spacial score (nSPS) is 14.5. The van der Waals surface area contributed by atoms with Gasteiger partial charge in [0.05, 0.1) is 29.5 Å². The number of nitrogen functional groups attached to an aromatic ring is 2. The molecule has 0 heterocycles. The Balaban J connectivity index is 1.73. The fourth-order valence-electron chi connectivity index (χ4n) is 8.16. The van der Waals surface area contributed by atoms with E-state index < -0.39 is 5.76 Å². The topological polar surface area (TPSA) is 150 Å². The van der Waals surface area contributed by atoms with Crippen LogP contribution in [-0.2, 0) is 0 Å². The van der Waals surface area contributed by atoms with Crippen LogP contribution in [0.25, 0.3) is 37.5 Å². The fourth-order valence-corrected chi connectivity index (χ4v) is 8.16. The van der Waals surface area contributed by atoms with Crippen LogP contribution in [0.5, 0.6) is 11.5 Å². The Hall–Kier alpha value is -6.71. The van der Waals surface area contributed by atoms with Gasteiger partial charge in [0.25, 0.3) is 5.70 Å². The maximum Gasteiger partial charge on any atom is 0.270 e. The molecule has 0 aliphatic heterocycles. The SMILES string of the molecule is [C-]#[N+]/C(C#N)=C1\C(=C2c3c(O)cccc3C(=[N+](CC)CC)c3cccc(O)c32)C([O-])=C1c1c2c(N)cccc2c(N(CC)CC)c2cccc(N)c12. The van der Waals surface area contributed by atoms with E-state index in [1.165, 1.54) is 12.1 Å². The number of aromatic hydroxyl groups is 2. The summed E-state index contributed by atoms with van der Waals surface area (Å²) in [4.78, 5) is 5.86. The zero-order valence-electron chi connectivity index (χ0n) is 29.5. The first-order valence-electron chi connectivity index (χ1n) is 17.4. The zero-order chi connectivity index (χ0) is 37.0. The van der Waals surface area contributed by atoms with Gasteiger partial charge in [-0.1, -0.05) is 42.2 Å². The minimum Gasteiger partial charge on any atom is -0.872 e. The predicted molar refractivity (Wildman–Crippen MR) is 207 cm³/mol. The van der Waals surface area contributed by atoms with Crippen molar-refractivity contribution in [1.29, 1.82) is 5.26 Å². The highest BCUT2D eigenvalue weighted by molar-refractivity contribution is 6.28. The number of fused-ring (bicyclic) bond motifs is 4. The number of nitrogens with two attached hydrogens (primary N) is 2. The van der Waals surface area contributed by atoms with E-state index in [0.29, 0.717) is 76.1 Å². The summed E-state index contributed by atoms with van der Waals surface area (Å²) in [6.45, 7) is 19.0. The number of phenols is 2. The molecule has 7 rings (SSSR count). The summed E-state index contributed by atoms with van der Waals surface area (Å²) < 4.78 is 2.13. The van der Waals surface area contributed by atoms with Gasteiger partial charge in [-0.3, -0.25) is 0 Å². The van der Waals surface area contributed by atoms with E-state index in [0.717, 1.165) is 22.2 Å². The van der Waals surface area contributed by atoms with Crippen molar-refractivity contribution in [2.24, 2.45) is 0 Å². The summed E-state index contributed by atoms with van der Waals surface area (Å²) >= 11 is 0. The van der Waals surface area contributed by atoms with E-state index in [-0.39, 0.29) is 39.5 Å². The van der Waals surface area contributed by atoms with Gasteiger partial charge in [0.15, 0.2) is 0 Å². The van der Waals surface area contributed by atoms with Crippen LogP contribution >= 0.6 is 0 Å². The van der Waals surface area contributed by atoms with Crippen molar-refractivity contribution >= 4 is 55.5 Å². The Morgan fingerprint density at radius 2 is 1.27 bits per heavy atom. The molecule has 0 spiro atoms. The first kappa shape index (κ1) is 33.8. The number of phenolic OH excluding ortho intramolecular Hbond substituents is 2. The molecular formula is C43H38N6O3. The van der Waals surface area contributed by atoms with E-state index >= 15 is 5.11 Å². The quantitative estimate of drug-likeness (QED) is 0.0489. The Kier molecular flexibility index (Phi) is 8.36. The molecule has 258 valence electrons. The van der Waals surface area contributed by atoms with Gasteiger partial charge in [-0.25, -0.2) is 14.7 Å². The monoisotopic (exact) mass is 686 g/mol. The standard InChI is InChI=1S/C43H38N6O3/c1-6-48(7-2)41-23-14-10-18-27(45)32(23)37(33-24(41)15-11-19-28(33)46)39-36(29(22-44)47-5)40(43(39)52)38-34-25(16-12-20-30(34)50)42(49(8-3)9-4)26-17-13-21-31(51)35(26)38/h10-21H,6-9,45-46H2,1-4H3,(H2-,50,51,52)/b36-29-. The largest absolute Gasteiger partial charge is 0.872 e. The number of hydrogen-bond acceptors (Lipinski definition) is 7. The van der Waals surface area contributed by atoms with Gasteiger partial charge < -0.3 is 31.7 Å².